The number of aryl methyl sites for hydroxylation is 1. The van der Waals surface area contributed by atoms with Crippen molar-refractivity contribution in [1.29, 1.82) is 0 Å². The Kier molecular flexibility index (Phi) is 8.94. The summed E-state index contributed by atoms with van der Waals surface area (Å²) in [5, 5.41) is 12.4. The van der Waals surface area contributed by atoms with Crippen LogP contribution < -0.4 is 11.1 Å². The summed E-state index contributed by atoms with van der Waals surface area (Å²) in [5.41, 5.74) is 13.4. The molecule has 0 aliphatic heterocycles. The predicted octanol–water partition coefficient (Wildman–Crippen LogP) is 5.71. The summed E-state index contributed by atoms with van der Waals surface area (Å²) >= 11 is 1.54. The fourth-order valence-corrected chi connectivity index (χ4v) is 4.96. The van der Waals surface area contributed by atoms with E-state index in [0.717, 1.165) is 33.4 Å². The van der Waals surface area contributed by atoms with E-state index in [-0.39, 0.29) is 0 Å². The molecule has 0 aliphatic rings. The Balaban J connectivity index is 1.85. The number of benzene rings is 3. The first kappa shape index (κ1) is 27.1. The molecule has 0 fully saturated rings. The van der Waals surface area contributed by atoms with Crippen LogP contribution in [0.4, 0.5) is 0 Å². The first-order chi connectivity index (χ1) is 18.4. The maximum absolute atomic E-state index is 13.6. The third-order valence-corrected chi connectivity index (χ3v) is 7.20. The molecule has 0 bridgehead atoms. The van der Waals surface area contributed by atoms with Gasteiger partial charge in [-0.2, -0.15) is 11.8 Å². The van der Waals surface area contributed by atoms with Gasteiger partial charge in [0.1, 0.15) is 6.04 Å². The van der Waals surface area contributed by atoms with E-state index in [9.17, 15) is 14.7 Å². The lowest BCUT2D eigenvalue weighted by atomic mass is 9.87. The van der Waals surface area contributed by atoms with Gasteiger partial charge in [-0.15, -0.1) is 0 Å². The number of nitrogens with one attached hydrogen (secondary N) is 1. The van der Waals surface area contributed by atoms with E-state index in [1.165, 1.54) is 0 Å². The highest BCUT2D eigenvalue weighted by molar-refractivity contribution is 7.98. The summed E-state index contributed by atoms with van der Waals surface area (Å²) in [6, 6.07) is 23.8. The lowest BCUT2D eigenvalue weighted by Gasteiger charge is -2.20. The van der Waals surface area contributed by atoms with Gasteiger partial charge in [0, 0.05) is 18.0 Å². The molecule has 6 nitrogen and oxygen atoms in total. The topological polar surface area (TPSA) is 105 Å². The second-order valence-corrected chi connectivity index (χ2v) is 10.1. The molecule has 1 amide bonds. The Morgan fingerprint density at radius 3 is 2.24 bits per heavy atom. The molecule has 0 spiro atoms. The van der Waals surface area contributed by atoms with Crippen molar-refractivity contribution < 1.29 is 14.7 Å². The minimum Gasteiger partial charge on any atom is -0.480 e. The SMILES string of the molecule is CSCCC(NC(=O)c1ccc(C(N)c2cccnc2)cc1-c1ccccc1-c1ccccc1C)C(=O)O. The van der Waals surface area contributed by atoms with Crippen LogP contribution in [0.3, 0.4) is 0 Å². The molecule has 4 rings (SSSR count). The highest BCUT2D eigenvalue weighted by Gasteiger charge is 2.24. The molecule has 0 radical (unpaired) electrons. The fraction of sp³-hybridized carbons (Fsp3) is 0.194. The van der Waals surface area contributed by atoms with E-state index >= 15 is 0 Å². The number of pyridine rings is 1. The minimum absolute atomic E-state index is 0.335. The second kappa shape index (κ2) is 12.5. The Bertz CT molecular complexity index is 1430. The standard InChI is InChI=1S/C31H31N3O3S/c1-20-8-3-4-10-23(20)24-11-5-6-12-25(24)27-18-21(29(32)22-9-7-16-33-19-22)13-14-26(27)30(35)34-28(31(36)37)15-17-38-2/h3-14,16,18-19,28-29H,15,17,32H2,1-2H3,(H,34,35)(H,36,37). The fourth-order valence-electron chi connectivity index (χ4n) is 4.49. The number of carbonyl (C=O) groups is 2. The third-order valence-electron chi connectivity index (χ3n) is 6.56. The smallest absolute Gasteiger partial charge is 0.326 e. The van der Waals surface area contributed by atoms with Gasteiger partial charge < -0.3 is 16.2 Å². The van der Waals surface area contributed by atoms with Crippen LogP contribution in [0, 0.1) is 6.92 Å². The first-order valence-corrected chi connectivity index (χ1v) is 13.8. The van der Waals surface area contributed by atoms with E-state index in [1.807, 2.05) is 66.9 Å². The van der Waals surface area contributed by atoms with Gasteiger partial charge in [-0.1, -0.05) is 60.7 Å². The van der Waals surface area contributed by atoms with Crippen LogP contribution in [0.2, 0.25) is 0 Å². The number of carbonyl (C=O) groups excluding carboxylic acids is 1. The van der Waals surface area contributed by atoms with Gasteiger partial charge in [0.15, 0.2) is 0 Å². The van der Waals surface area contributed by atoms with Crippen molar-refractivity contribution in [1.82, 2.24) is 10.3 Å². The van der Waals surface area contributed by atoms with E-state index in [2.05, 4.69) is 29.4 Å². The Morgan fingerprint density at radius 2 is 1.61 bits per heavy atom. The van der Waals surface area contributed by atoms with Gasteiger partial charge in [0.2, 0.25) is 0 Å². The third kappa shape index (κ3) is 6.13. The van der Waals surface area contributed by atoms with E-state index in [0.29, 0.717) is 23.3 Å². The molecule has 2 atom stereocenters. The Labute approximate surface area is 227 Å². The van der Waals surface area contributed by atoms with Gasteiger partial charge in [-0.05, 0) is 82.5 Å². The molecule has 7 heteroatoms. The molecule has 0 saturated heterocycles. The summed E-state index contributed by atoms with van der Waals surface area (Å²) in [7, 11) is 0. The number of aliphatic carboxylic acids is 1. The zero-order chi connectivity index (χ0) is 27.1. The van der Waals surface area contributed by atoms with Gasteiger partial charge >= 0.3 is 5.97 Å². The maximum Gasteiger partial charge on any atom is 0.326 e. The van der Waals surface area contributed by atoms with Crippen LogP contribution in [-0.2, 0) is 4.79 Å². The summed E-state index contributed by atoms with van der Waals surface area (Å²) < 4.78 is 0. The molecule has 2 unspecified atom stereocenters. The van der Waals surface area contributed by atoms with E-state index < -0.39 is 24.0 Å². The number of carboxylic acids is 1. The van der Waals surface area contributed by atoms with Gasteiger partial charge in [-0.3, -0.25) is 9.78 Å². The summed E-state index contributed by atoms with van der Waals surface area (Å²) in [5.74, 6) is -0.863. The van der Waals surface area contributed by atoms with Gasteiger partial charge in [0.25, 0.3) is 5.91 Å². The molecule has 1 aromatic heterocycles. The van der Waals surface area contributed by atoms with Gasteiger partial charge in [0.05, 0.1) is 6.04 Å². The predicted molar refractivity (Wildman–Crippen MR) is 154 cm³/mol. The normalized spacial score (nSPS) is 12.5. The molecule has 1 heterocycles. The van der Waals surface area contributed by atoms with Crippen LogP contribution in [0.15, 0.2) is 91.3 Å². The minimum atomic E-state index is -1.05. The first-order valence-electron chi connectivity index (χ1n) is 12.4. The van der Waals surface area contributed by atoms with Gasteiger partial charge in [-0.25, -0.2) is 4.79 Å². The molecule has 194 valence electrons. The molecule has 4 aromatic rings. The number of nitrogens with zero attached hydrogens (tertiary/aromatic N) is 1. The number of aromatic nitrogens is 1. The molecular weight excluding hydrogens is 494 g/mol. The second-order valence-electron chi connectivity index (χ2n) is 9.08. The van der Waals surface area contributed by atoms with Crippen molar-refractivity contribution in [3.05, 3.63) is 114 Å². The molecule has 38 heavy (non-hydrogen) atoms. The van der Waals surface area contributed by atoms with Crippen LogP contribution in [0.1, 0.15) is 39.5 Å². The number of carboxylic acid groups (broad SMARTS) is 1. The van der Waals surface area contributed by atoms with Crippen LogP contribution in [-0.4, -0.2) is 40.0 Å². The van der Waals surface area contributed by atoms with E-state index in [1.54, 1.807) is 30.2 Å². The number of hydrogen-bond donors (Lipinski definition) is 3. The number of rotatable bonds is 10. The highest BCUT2D eigenvalue weighted by Crippen LogP contribution is 2.37. The highest BCUT2D eigenvalue weighted by atomic mass is 32.2. The number of amides is 1. The van der Waals surface area contributed by atoms with Crippen LogP contribution >= 0.6 is 11.8 Å². The van der Waals surface area contributed by atoms with Crippen molar-refractivity contribution in [2.45, 2.75) is 25.4 Å². The molecule has 0 saturated carbocycles. The average molecular weight is 526 g/mol. The summed E-state index contributed by atoms with van der Waals surface area (Å²) in [6.07, 6.45) is 5.67. The Morgan fingerprint density at radius 1 is 0.921 bits per heavy atom. The Hall–Kier alpha value is -3.94. The van der Waals surface area contributed by atoms with Crippen molar-refractivity contribution in [2.75, 3.05) is 12.0 Å². The molecular formula is C31H31N3O3S. The average Bonchev–Trinajstić information content (AvgIpc) is 2.95. The van der Waals surface area contributed by atoms with Crippen LogP contribution in [0.5, 0.6) is 0 Å². The van der Waals surface area contributed by atoms with Crippen molar-refractivity contribution >= 4 is 23.6 Å². The molecule has 3 aromatic carbocycles. The molecule has 4 N–H and O–H groups in total. The molecule has 0 aliphatic carbocycles. The quantitative estimate of drug-likeness (QED) is 0.245. The van der Waals surface area contributed by atoms with E-state index in [4.69, 9.17) is 5.73 Å². The largest absolute Gasteiger partial charge is 0.480 e. The zero-order valence-corrected chi connectivity index (χ0v) is 22.2. The zero-order valence-electron chi connectivity index (χ0n) is 21.4. The number of thioether (sulfide) groups is 1. The number of nitrogens with two attached hydrogens (primary N) is 1. The van der Waals surface area contributed by atoms with Crippen LogP contribution in [0.25, 0.3) is 22.3 Å². The van der Waals surface area contributed by atoms with Crippen molar-refractivity contribution in [3.63, 3.8) is 0 Å². The number of hydrogen-bond acceptors (Lipinski definition) is 5. The summed E-state index contributed by atoms with van der Waals surface area (Å²) in [4.78, 5) is 29.6. The summed E-state index contributed by atoms with van der Waals surface area (Å²) in [6.45, 7) is 2.05. The lowest BCUT2D eigenvalue weighted by molar-refractivity contribution is -0.139. The maximum atomic E-state index is 13.6. The van der Waals surface area contributed by atoms with Crippen molar-refractivity contribution in [3.8, 4) is 22.3 Å². The monoisotopic (exact) mass is 525 g/mol. The van der Waals surface area contributed by atoms with Crippen molar-refractivity contribution in [2.24, 2.45) is 5.73 Å². The lowest BCUT2D eigenvalue weighted by Crippen LogP contribution is -2.41.